The van der Waals surface area contributed by atoms with Crippen molar-refractivity contribution in [1.82, 2.24) is 4.90 Å². The Kier molecular flexibility index (Phi) is 6.44. The average Bonchev–Trinajstić information content (AvgIpc) is 2.72. The molecular formula is C12H21NO3S. The number of nitrogens with zero attached hydrogens (tertiary/aromatic N) is 1. The second-order valence-electron chi connectivity index (χ2n) is 4.04. The normalized spacial score (nSPS) is 19.2. The van der Waals surface area contributed by atoms with E-state index in [2.05, 4.69) is 0 Å². The molecule has 1 rings (SSSR count). The minimum atomic E-state index is -0.228. The van der Waals surface area contributed by atoms with Crippen molar-refractivity contribution in [1.29, 1.82) is 0 Å². The molecule has 1 unspecified atom stereocenters. The zero-order valence-corrected chi connectivity index (χ0v) is 11.6. The number of amides is 1. The van der Waals surface area contributed by atoms with E-state index in [1.54, 1.807) is 16.7 Å². The Morgan fingerprint density at radius 3 is 2.94 bits per heavy atom. The summed E-state index contributed by atoms with van der Waals surface area (Å²) in [5.41, 5.74) is 1.24. The van der Waals surface area contributed by atoms with Gasteiger partial charge >= 0.3 is 6.09 Å². The van der Waals surface area contributed by atoms with Crippen molar-refractivity contribution in [3.05, 3.63) is 11.6 Å². The highest BCUT2D eigenvalue weighted by Gasteiger charge is 2.30. The van der Waals surface area contributed by atoms with Crippen molar-refractivity contribution in [2.45, 2.75) is 26.1 Å². The molecular weight excluding hydrogens is 238 g/mol. The van der Waals surface area contributed by atoms with Gasteiger partial charge < -0.3 is 9.47 Å². The third-order valence-corrected chi connectivity index (χ3v) is 3.56. The van der Waals surface area contributed by atoms with Crippen LogP contribution in [0.2, 0.25) is 0 Å². The number of hydrogen-bond acceptors (Lipinski definition) is 4. The van der Waals surface area contributed by atoms with Crippen LogP contribution in [-0.4, -0.2) is 48.5 Å². The molecule has 0 saturated carbocycles. The number of carbonyl (C=O) groups is 1. The van der Waals surface area contributed by atoms with Gasteiger partial charge in [-0.1, -0.05) is 11.6 Å². The Balaban J connectivity index is 2.31. The van der Waals surface area contributed by atoms with Crippen molar-refractivity contribution < 1.29 is 14.3 Å². The van der Waals surface area contributed by atoms with Crippen LogP contribution in [0.15, 0.2) is 11.6 Å². The van der Waals surface area contributed by atoms with E-state index in [0.29, 0.717) is 19.8 Å². The molecule has 0 spiro atoms. The lowest BCUT2D eigenvalue weighted by Crippen LogP contribution is -2.37. The first kappa shape index (κ1) is 14.4. The summed E-state index contributed by atoms with van der Waals surface area (Å²) in [6.45, 7) is 8.24. The highest BCUT2D eigenvalue weighted by molar-refractivity contribution is 8.00. The van der Waals surface area contributed by atoms with Gasteiger partial charge in [0.25, 0.3) is 0 Å². The highest BCUT2D eigenvalue weighted by Crippen LogP contribution is 2.24. The summed E-state index contributed by atoms with van der Waals surface area (Å²) in [5, 5.41) is 0.0969. The van der Waals surface area contributed by atoms with Gasteiger partial charge in [-0.2, -0.15) is 0 Å². The second-order valence-corrected chi connectivity index (χ2v) is 5.32. The smallest absolute Gasteiger partial charge is 0.410 e. The molecule has 0 aromatic rings. The summed E-state index contributed by atoms with van der Waals surface area (Å²) in [4.78, 5) is 13.4. The molecule has 17 heavy (non-hydrogen) atoms. The first-order valence-electron chi connectivity index (χ1n) is 5.91. The molecule has 0 aliphatic carbocycles. The van der Waals surface area contributed by atoms with Crippen molar-refractivity contribution in [2.75, 3.05) is 32.1 Å². The second kappa shape index (κ2) is 7.61. The quantitative estimate of drug-likeness (QED) is 0.562. The number of rotatable bonds is 5. The van der Waals surface area contributed by atoms with Crippen LogP contribution in [0.4, 0.5) is 4.79 Å². The lowest BCUT2D eigenvalue weighted by molar-refractivity contribution is 0.0826. The molecule has 5 heteroatoms. The number of carbonyl (C=O) groups excluding carboxylic acids is 1. The summed E-state index contributed by atoms with van der Waals surface area (Å²) in [6, 6.07) is 0. The Hall–Kier alpha value is -0.680. The first-order valence-corrected chi connectivity index (χ1v) is 6.96. The van der Waals surface area contributed by atoms with Gasteiger partial charge in [-0.15, -0.1) is 11.8 Å². The van der Waals surface area contributed by atoms with E-state index >= 15 is 0 Å². The minimum Gasteiger partial charge on any atom is -0.450 e. The summed E-state index contributed by atoms with van der Waals surface area (Å²) in [6.07, 6.45) is 1.81. The highest BCUT2D eigenvalue weighted by atomic mass is 32.2. The largest absolute Gasteiger partial charge is 0.450 e. The van der Waals surface area contributed by atoms with Crippen LogP contribution < -0.4 is 0 Å². The van der Waals surface area contributed by atoms with Crippen molar-refractivity contribution >= 4 is 17.9 Å². The van der Waals surface area contributed by atoms with Crippen molar-refractivity contribution in [3.63, 3.8) is 0 Å². The molecule has 1 heterocycles. The Bertz CT molecular complexity index is 277. The predicted octanol–water partition coefficient (Wildman–Crippen LogP) is 2.50. The summed E-state index contributed by atoms with van der Waals surface area (Å²) < 4.78 is 10.5. The van der Waals surface area contributed by atoms with E-state index in [0.717, 1.165) is 12.3 Å². The van der Waals surface area contributed by atoms with Crippen molar-refractivity contribution in [3.8, 4) is 0 Å². The zero-order chi connectivity index (χ0) is 12.7. The predicted molar refractivity (Wildman–Crippen MR) is 70.2 cm³/mol. The fraction of sp³-hybridized carbons (Fsp3) is 0.750. The Morgan fingerprint density at radius 2 is 2.29 bits per heavy atom. The maximum Gasteiger partial charge on any atom is 0.410 e. The molecule has 0 N–H and O–H groups in total. The standard InChI is InChI=1S/C12H21NO3S/c1-4-16-12(14)13-6-8-17-11(13)9-15-7-5-10(2)3/h5,11H,4,6-9H2,1-3H3. The first-order chi connectivity index (χ1) is 8.15. The molecule has 98 valence electrons. The molecule has 1 aliphatic heterocycles. The van der Waals surface area contributed by atoms with Gasteiger partial charge in [0.2, 0.25) is 0 Å². The van der Waals surface area contributed by atoms with Gasteiger partial charge in [0.15, 0.2) is 0 Å². The molecule has 1 atom stereocenters. The van der Waals surface area contributed by atoms with Crippen LogP contribution in [0.3, 0.4) is 0 Å². The third kappa shape index (κ3) is 5.00. The van der Waals surface area contributed by atoms with E-state index in [-0.39, 0.29) is 11.5 Å². The number of allylic oxidation sites excluding steroid dienone is 1. The summed E-state index contributed by atoms with van der Waals surface area (Å²) in [5.74, 6) is 0.954. The van der Waals surface area contributed by atoms with Gasteiger partial charge in [0.05, 0.1) is 19.8 Å². The topological polar surface area (TPSA) is 38.8 Å². The van der Waals surface area contributed by atoms with Crippen LogP contribution in [0.5, 0.6) is 0 Å². The van der Waals surface area contributed by atoms with E-state index in [4.69, 9.17) is 9.47 Å². The summed E-state index contributed by atoms with van der Waals surface area (Å²) >= 11 is 1.74. The Labute approximate surface area is 107 Å². The lowest BCUT2D eigenvalue weighted by Gasteiger charge is -2.22. The number of thioether (sulfide) groups is 1. The van der Waals surface area contributed by atoms with Gasteiger partial charge in [-0.05, 0) is 20.8 Å². The van der Waals surface area contributed by atoms with Crippen LogP contribution >= 0.6 is 11.8 Å². The zero-order valence-electron chi connectivity index (χ0n) is 10.8. The molecule has 0 aromatic carbocycles. The Morgan fingerprint density at radius 1 is 1.53 bits per heavy atom. The molecule has 4 nitrogen and oxygen atoms in total. The fourth-order valence-electron chi connectivity index (χ4n) is 1.47. The van der Waals surface area contributed by atoms with Crippen LogP contribution in [0.25, 0.3) is 0 Å². The monoisotopic (exact) mass is 259 g/mol. The van der Waals surface area contributed by atoms with E-state index in [1.807, 2.05) is 26.8 Å². The fourth-order valence-corrected chi connectivity index (χ4v) is 2.61. The van der Waals surface area contributed by atoms with Gasteiger partial charge in [0, 0.05) is 12.3 Å². The molecule has 0 aromatic heterocycles. The van der Waals surface area contributed by atoms with Crippen molar-refractivity contribution in [2.24, 2.45) is 0 Å². The van der Waals surface area contributed by atoms with Crippen LogP contribution in [0, 0.1) is 0 Å². The van der Waals surface area contributed by atoms with Gasteiger partial charge in [-0.25, -0.2) is 4.79 Å². The number of ether oxygens (including phenoxy) is 2. The molecule has 0 bridgehead atoms. The van der Waals surface area contributed by atoms with E-state index < -0.39 is 0 Å². The van der Waals surface area contributed by atoms with Crippen LogP contribution in [-0.2, 0) is 9.47 Å². The van der Waals surface area contributed by atoms with Crippen LogP contribution in [0.1, 0.15) is 20.8 Å². The molecule has 1 fully saturated rings. The molecule has 1 saturated heterocycles. The molecule has 1 amide bonds. The SMILES string of the molecule is CCOC(=O)N1CCSC1COCC=C(C)C. The number of hydrogen-bond donors (Lipinski definition) is 0. The van der Waals surface area contributed by atoms with E-state index in [9.17, 15) is 4.79 Å². The van der Waals surface area contributed by atoms with Gasteiger partial charge in [-0.3, -0.25) is 4.90 Å². The molecule has 0 radical (unpaired) electrons. The summed E-state index contributed by atoms with van der Waals surface area (Å²) in [7, 11) is 0. The maximum atomic E-state index is 11.6. The van der Waals surface area contributed by atoms with Gasteiger partial charge in [0.1, 0.15) is 5.37 Å². The maximum absolute atomic E-state index is 11.6. The van der Waals surface area contributed by atoms with E-state index in [1.165, 1.54) is 5.57 Å². The molecule has 1 aliphatic rings. The third-order valence-electron chi connectivity index (χ3n) is 2.36. The average molecular weight is 259 g/mol. The minimum absolute atomic E-state index is 0.0969. The lowest BCUT2D eigenvalue weighted by atomic mass is 10.3.